The maximum atomic E-state index is 4.75. The van der Waals surface area contributed by atoms with Gasteiger partial charge in [-0.15, -0.1) is 11.3 Å². The Morgan fingerprint density at radius 1 is 1.29 bits per heavy atom. The fraction of sp³-hybridized carbons (Fsp3) is 0.625. The predicted octanol–water partition coefficient (Wildman–Crippen LogP) is 4.06. The summed E-state index contributed by atoms with van der Waals surface area (Å²) in [5, 5.41) is 4.29. The second-order valence-electron chi connectivity index (χ2n) is 6.14. The highest BCUT2D eigenvalue weighted by Gasteiger charge is 2.27. The summed E-state index contributed by atoms with van der Waals surface area (Å²) in [5.41, 5.74) is 0. The van der Waals surface area contributed by atoms with Gasteiger partial charge in [-0.2, -0.15) is 4.98 Å². The van der Waals surface area contributed by atoms with Crippen LogP contribution in [0.5, 0.6) is 0 Å². The van der Waals surface area contributed by atoms with E-state index >= 15 is 0 Å². The van der Waals surface area contributed by atoms with Crippen molar-refractivity contribution in [3.05, 3.63) is 10.9 Å². The summed E-state index contributed by atoms with van der Waals surface area (Å²) in [6, 6.07) is 2.81. The van der Waals surface area contributed by atoms with Crippen molar-refractivity contribution in [2.75, 3.05) is 24.3 Å². The van der Waals surface area contributed by atoms with Gasteiger partial charge in [0.15, 0.2) is 0 Å². The number of thiophene rings is 1. The van der Waals surface area contributed by atoms with E-state index in [4.69, 9.17) is 4.98 Å². The molecule has 0 aromatic carbocycles. The molecule has 2 unspecified atom stereocenters. The molecule has 2 heterocycles. The first-order valence-corrected chi connectivity index (χ1v) is 8.60. The largest absolute Gasteiger partial charge is 0.357 e. The summed E-state index contributed by atoms with van der Waals surface area (Å²) in [4.78, 5) is 14.1. The topological polar surface area (TPSA) is 41.1 Å². The summed E-state index contributed by atoms with van der Waals surface area (Å²) < 4.78 is 0. The van der Waals surface area contributed by atoms with Crippen LogP contribution in [0.15, 0.2) is 6.07 Å². The van der Waals surface area contributed by atoms with E-state index in [1.54, 1.807) is 11.3 Å². The average molecular weight is 304 g/mol. The molecule has 3 rings (SSSR count). The van der Waals surface area contributed by atoms with Crippen LogP contribution in [0, 0.1) is 12.8 Å². The third-order valence-electron chi connectivity index (χ3n) is 4.62. The molecule has 1 fully saturated rings. The van der Waals surface area contributed by atoms with Gasteiger partial charge in [0, 0.05) is 25.0 Å². The van der Waals surface area contributed by atoms with Crippen LogP contribution in [-0.4, -0.2) is 30.1 Å². The number of hydrogen-bond acceptors (Lipinski definition) is 5. The Hall–Kier alpha value is -1.36. The average Bonchev–Trinajstić information content (AvgIpc) is 2.86. The number of rotatable bonds is 3. The molecule has 0 spiro atoms. The fourth-order valence-electron chi connectivity index (χ4n) is 3.44. The zero-order chi connectivity index (χ0) is 15.0. The zero-order valence-electron chi connectivity index (χ0n) is 13.3. The van der Waals surface area contributed by atoms with Gasteiger partial charge >= 0.3 is 0 Å². The molecule has 0 amide bonds. The van der Waals surface area contributed by atoms with Gasteiger partial charge in [-0.1, -0.05) is 19.8 Å². The molecule has 0 saturated heterocycles. The molecule has 2 aromatic rings. The normalized spacial score (nSPS) is 22.5. The molecule has 0 aliphatic heterocycles. The van der Waals surface area contributed by atoms with Gasteiger partial charge in [-0.05, 0) is 31.7 Å². The Morgan fingerprint density at radius 3 is 2.76 bits per heavy atom. The molecule has 114 valence electrons. The minimum Gasteiger partial charge on any atom is -0.357 e. The molecular weight excluding hydrogens is 280 g/mol. The van der Waals surface area contributed by atoms with E-state index in [0.29, 0.717) is 6.04 Å². The maximum absolute atomic E-state index is 4.75. The van der Waals surface area contributed by atoms with Crippen molar-refractivity contribution in [3.8, 4) is 0 Å². The monoisotopic (exact) mass is 304 g/mol. The number of nitrogens with one attached hydrogen (secondary N) is 1. The molecule has 4 nitrogen and oxygen atoms in total. The number of hydrogen-bond donors (Lipinski definition) is 1. The van der Waals surface area contributed by atoms with E-state index in [2.05, 4.69) is 42.2 Å². The summed E-state index contributed by atoms with van der Waals surface area (Å²) in [7, 11) is 4.08. The Balaban J connectivity index is 2.05. The zero-order valence-corrected chi connectivity index (χ0v) is 14.1. The van der Waals surface area contributed by atoms with Gasteiger partial charge in [0.25, 0.3) is 0 Å². The lowest BCUT2D eigenvalue weighted by atomic mass is 9.85. The molecule has 2 atom stereocenters. The van der Waals surface area contributed by atoms with Crippen LogP contribution in [0.4, 0.5) is 11.8 Å². The van der Waals surface area contributed by atoms with E-state index in [1.165, 1.54) is 35.9 Å². The van der Waals surface area contributed by atoms with Crippen LogP contribution in [0.2, 0.25) is 0 Å². The molecule has 1 aliphatic carbocycles. The smallest absolute Gasteiger partial charge is 0.225 e. The number of aryl methyl sites for hydroxylation is 1. The van der Waals surface area contributed by atoms with E-state index in [-0.39, 0.29) is 0 Å². The first-order valence-electron chi connectivity index (χ1n) is 7.79. The van der Waals surface area contributed by atoms with Crippen molar-refractivity contribution in [1.82, 2.24) is 9.97 Å². The lowest BCUT2D eigenvalue weighted by Gasteiger charge is -2.37. The third kappa shape index (κ3) is 2.71. The second kappa shape index (κ2) is 5.79. The molecule has 21 heavy (non-hydrogen) atoms. The van der Waals surface area contributed by atoms with Crippen molar-refractivity contribution < 1.29 is 0 Å². The van der Waals surface area contributed by atoms with E-state index in [1.807, 2.05) is 7.05 Å². The molecule has 1 aliphatic rings. The van der Waals surface area contributed by atoms with Crippen LogP contribution in [-0.2, 0) is 0 Å². The maximum Gasteiger partial charge on any atom is 0.225 e. The minimum atomic E-state index is 0.585. The summed E-state index contributed by atoms with van der Waals surface area (Å²) in [6.45, 7) is 4.51. The Morgan fingerprint density at radius 2 is 2.05 bits per heavy atom. The Labute approximate surface area is 130 Å². The van der Waals surface area contributed by atoms with Gasteiger partial charge in [0.05, 0.1) is 5.39 Å². The van der Waals surface area contributed by atoms with Crippen LogP contribution in [0.3, 0.4) is 0 Å². The molecule has 2 aromatic heterocycles. The lowest BCUT2D eigenvalue weighted by molar-refractivity contribution is 0.321. The van der Waals surface area contributed by atoms with E-state index < -0.39 is 0 Å². The highest BCUT2D eigenvalue weighted by atomic mass is 32.1. The molecule has 1 saturated carbocycles. The van der Waals surface area contributed by atoms with Crippen LogP contribution in [0.25, 0.3) is 10.2 Å². The predicted molar refractivity (Wildman–Crippen MR) is 91.5 cm³/mol. The van der Waals surface area contributed by atoms with Gasteiger partial charge in [0.1, 0.15) is 10.6 Å². The molecule has 1 N–H and O–H groups in total. The number of aromatic nitrogens is 2. The van der Waals surface area contributed by atoms with Crippen LogP contribution >= 0.6 is 11.3 Å². The molecule has 0 radical (unpaired) electrons. The highest BCUT2D eigenvalue weighted by molar-refractivity contribution is 7.18. The number of fused-ring (bicyclic) bond motifs is 1. The van der Waals surface area contributed by atoms with Gasteiger partial charge < -0.3 is 10.2 Å². The van der Waals surface area contributed by atoms with Crippen molar-refractivity contribution in [2.45, 2.75) is 45.6 Å². The minimum absolute atomic E-state index is 0.585. The summed E-state index contributed by atoms with van der Waals surface area (Å²) in [5.74, 6) is 2.52. The molecule has 5 heteroatoms. The van der Waals surface area contributed by atoms with Crippen molar-refractivity contribution in [2.24, 2.45) is 5.92 Å². The van der Waals surface area contributed by atoms with E-state index in [0.717, 1.165) is 22.5 Å². The SMILES string of the molecule is CNc1nc(N(C)C2CCCCC2C)c2cc(C)sc2n1. The van der Waals surface area contributed by atoms with Crippen molar-refractivity contribution in [1.29, 1.82) is 0 Å². The fourth-order valence-corrected chi connectivity index (χ4v) is 4.31. The quantitative estimate of drug-likeness (QED) is 0.928. The van der Waals surface area contributed by atoms with Crippen LogP contribution < -0.4 is 10.2 Å². The standard InChI is InChI=1S/C16H24N4S/c1-10-7-5-6-8-13(10)20(4)14-12-9-11(2)21-15(12)19-16(17-3)18-14/h9-10,13H,5-8H2,1-4H3,(H,17,18,19). The second-order valence-corrected chi connectivity index (χ2v) is 7.37. The number of anilines is 2. The Bertz CT molecular complexity index is 636. The van der Waals surface area contributed by atoms with Crippen molar-refractivity contribution in [3.63, 3.8) is 0 Å². The van der Waals surface area contributed by atoms with Crippen molar-refractivity contribution >= 4 is 33.3 Å². The van der Waals surface area contributed by atoms with Crippen LogP contribution in [0.1, 0.15) is 37.5 Å². The summed E-state index contributed by atoms with van der Waals surface area (Å²) in [6.07, 6.45) is 5.28. The Kier molecular flexibility index (Phi) is 4.02. The van der Waals surface area contributed by atoms with Gasteiger partial charge in [0.2, 0.25) is 5.95 Å². The molecular formula is C16H24N4S. The lowest BCUT2D eigenvalue weighted by Crippen LogP contribution is -2.39. The summed E-state index contributed by atoms with van der Waals surface area (Å²) >= 11 is 1.74. The first kappa shape index (κ1) is 14.6. The highest BCUT2D eigenvalue weighted by Crippen LogP contribution is 2.35. The first-order chi connectivity index (χ1) is 10.1. The number of nitrogens with zero attached hydrogens (tertiary/aromatic N) is 3. The van der Waals surface area contributed by atoms with Gasteiger partial charge in [-0.25, -0.2) is 4.98 Å². The van der Waals surface area contributed by atoms with E-state index in [9.17, 15) is 0 Å². The third-order valence-corrected chi connectivity index (χ3v) is 5.56. The van der Waals surface area contributed by atoms with Gasteiger partial charge in [-0.3, -0.25) is 0 Å². The molecule has 0 bridgehead atoms.